The Labute approximate surface area is 104 Å². The predicted molar refractivity (Wildman–Crippen MR) is 66.1 cm³/mol. The summed E-state index contributed by atoms with van der Waals surface area (Å²) in [5.41, 5.74) is 0. The molecule has 4 nitrogen and oxygen atoms in total. The van der Waals surface area contributed by atoms with Crippen molar-refractivity contribution >= 4 is 0 Å². The maximum absolute atomic E-state index is 5.86. The molecule has 0 amide bonds. The molecule has 17 heavy (non-hydrogen) atoms. The molecule has 0 aromatic heterocycles. The lowest BCUT2D eigenvalue weighted by molar-refractivity contribution is 0.0110. The van der Waals surface area contributed by atoms with Crippen molar-refractivity contribution in [1.29, 1.82) is 0 Å². The lowest BCUT2D eigenvalue weighted by atomic mass is 9.99. The van der Waals surface area contributed by atoms with Crippen molar-refractivity contribution in [2.45, 2.75) is 25.3 Å². The Hall–Kier alpha value is -0.160. The number of ether oxygens (including phenoxy) is 3. The molecule has 2 fully saturated rings. The van der Waals surface area contributed by atoms with Gasteiger partial charge in [-0.3, -0.25) is 0 Å². The summed E-state index contributed by atoms with van der Waals surface area (Å²) in [5, 5.41) is 3.35. The first-order valence-electron chi connectivity index (χ1n) is 6.80. The van der Waals surface area contributed by atoms with Gasteiger partial charge in [-0.1, -0.05) is 0 Å². The van der Waals surface area contributed by atoms with Crippen molar-refractivity contribution in [3.05, 3.63) is 0 Å². The molecule has 2 unspecified atom stereocenters. The van der Waals surface area contributed by atoms with Crippen LogP contribution in [0.15, 0.2) is 0 Å². The van der Waals surface area contributed by atoms with Gasteiger partial charge in [0.1, 0.15) is 0 Å². The van der Waals surface area contributed by atoms with Gasteiger partial charge in [0.15, 0.2) is 0 Å². The van der Waals surface area contributed by atoms with Crippen LogP contribution in [0.2, 0.25) is 0 Å². The van der Waals surface area contributed by atoms with Gasteiger partial charge < -0.3 is 19.5 Å². The molecule has 4 heteroatoms. The number of rotatable bonds is 6. The van der Waals surface area contributed by atoms with Gasteiger partial charge in [-0.05, 0) is 32.2 Å². The molecule has 2 aliphatic heterocycles. The fourth-order valence-corrected chi connectivity index (χ4v) is 2.60. The molecular formula is C13H25NO3. The first-order chi connectivity index (χ1) is 8.40. The lowest BCUT2D eigenvalue weighted by Gasteiger charge is -2.25. The maximum Gasteiger partial charge on any atom is 0.0623 e. The predicted octanol–water partition coefficient (Wildman–Crippen LogP) is 1.05. The van der Waals surface area contributed by atoms with Gasteiger partial charge in [-0.2, -0.15) is 0 Å². The summed E-state index contributed by atoms with van der Waals surface area (Å²) < 4.78 is 16.6. The van der Waals surface area contributed by atoms with Crippen LogP contribution in [0.4, 0.5) is 0 Å². The fourth-order valence-electron chi connectivity index (χ4n) is 2.60. The van der Waals surface area contributed by atoms with Crippen molar-refractivity contribution < 1.29 is 14.2 Å². The van der Waals surface area contributed by atoms with E-state index in [-0.39, 0.29) is 0 Å². The molecule has 0 saturated carbocycles. The Morgan fingerprint density at radius 1 is 1.18 bits per heavy atom. The van der Waals surface area contributed by atoms with Crippen LogP contribution in [0.1, 0.15) is 19.3 Å². The Morgan fingerprint density at radius 3 is 2.59 bits per heavy atom. The zero-order valence-electron chi connectivity index (χ0n) is 10.8. The quantitative estimate of drug-likeness (QED) is 0.757. The highest BCUT2D eigenvalue weighted by Crippen LogP contribution is 2.18. The summed E-state index contributed by atoms with van der Waals surface area (Å²) >= 11 is 0. The topological polar surface area (TPSA) is 39.7 Å². The molecule has 0 aromatic carbocycles. The molecule has 2 heterocycles. The average Bonchev–Trinajstić information content (AvgIpc) is 2.90. The first-order valence-corrected chi connectivity index (χ1v) is 6.80. The molecule has 2 atom stereocenters. The second-order valence-electron chi connectivity index (χ2n) is 5.11. The van der Waals surface area contributed by atoms with Gasteiger partial charge in [0, 0.05) is 38.4 Å². The van der Waals surface area contributed by atoms with Crippen molar-refractivity contribution in [2.75, 3.05) is 46.7 Å². The van der Waals surface area contributed by atoms with Gasteiger partial charge in [0.2, 0.25) is 0 Å². The van der Waals surface area contributed by atoms with Gasteiger partial charge in [0.25, 0.3) is 0 Å². The highest BCUT2D eigenvalue weighted by atomic mass is 16.5. The monoisotopic (exact) mass is 243 g/mol. The molecule has 0 radical (unpaired) electrons. The molecule has 2 aliphatic rings. The van der Waals surface area contributed by atoms with E-state index in [1.807, 2.05) is 7.05 Å². The van der Waals surface area contributed by atoms with Crippen LogP contribution in [0.3, 0.4) is 0 Å². The Morgan fingerprint density at radius 2 is 1.94 bits per heavy atom. The van der Waals surface area contributed by atoms with Crippen LogP contribution in [0, 0.1) is 11.8 Å². The largest absolute Gasteiger partial charge is 0.381 e. The van der Waals surface area contributed by atoms with Crippen LogP contribution in [-0.2, 0) is 14.2 Å². The van der Waals surface area contributed by atoms with Crippen molar-refractivity contribution in [1.82, 2.24) is 5.32 Å². The van der Waals surface area contributed by atoms with E-state index in [9.17, 15) is 0 Å². The standard InChI is InChI=1S/C13H25NO3/c1-14-13(12-4-7-16-9-12)10-17-8-11-2-5-15-6-3-11/h11-14H,2-10H2,1H3. The normalized spacial score (nSPS) is 28.4. The minimum Gasteiger partial charge on any atom is -0.381 e. The third kappa shape index (κ3) is 4.21. The third-order valence-corrected chi connectivity index (χ3v) is 3.90. The minimum atomic E-state index is 0.442. The maximum atomic E-state index is 5.86. The first kappa shape index (κ1) is 13.3. The van der Waals surface area contributed by atoms with Gasteiger partial charge in [0.05, 0.1) is 13.2 Å². The van der Waals surface area contributed by atoms with E-state index < -0.39 is 0 Å². The van der Waals surface area contributed by atoms with Crippen molar-refractivity contribution in [3.63, 3.8) is 0 Å². The number of likely N-dealkylation sites (N-methyl/N-ethyl adjacent to an activating group) is 1. The zero-order valence-corrected chi connectivity index (χ0v) is 10.8. The number of nitrogens with one attached hydrogen (secondary N) is 1. The lowest BCUT2D eigenvalue weighted by Crippen LogP contribution is -2.38. The molecule has 100 valence electrons. The van der Waals surface area contributed by atoms with Crippen molar-refractivity contribution in [2.24, 2.45) is 11.8 Å². The molecular weight excluding hydrogens is 218 g/mol. The molecule has 0 aromatic rings. The van der Waals surface area contributed by atoms with E-state index in [0.29, 0.717) is 17.9 Å². The fraction of sp³-hybridized carbons (Fsp3) is 1.00. The summed E-state index contributed by atoms with van der Waals surface area (Å²) in [4.78, 5) is 0. The van der Waals surface area contributed by atoms with E-state index in [1.54, 1.807) is 0 Å². The molecule has 2 rings (SSSR count). The number of hydrogen-bond acceptors (Lipinski definition) is 4. The molecule has 0 spiro atoms. The van der Waals surface area contributed by atoms with Gasteiger partial charge in [-0.25, -0.2) is 0 Å². The van der Waals surface area contributed by atoms with Crippen LogP contribution in [0.5, 0.6) is 0 Å². The smallest absolute Gasteiger partial charge is 0.0623 e. The molecule has 2 saturated heterocycles. The van der Waals surface area contributed by atoms with Crippen molar-refractivity contribution in [3.8, 4) is 0 Å². The van der Waals surface area contributed by atoms with Gasteiger partial charge in [-0.15, -0.1) is 0 Å². The average molecular weight is 243 g/mol. The molecule has 0 bridgehead atoms. The van der Waals surface area contributed by atoms with Crippen LogP contribution < -0.4 is 5.32 Å². The summed E-state index contributed by atoms with van der Waals surface area (Å²) in [5.74, 6) is 1.32. The number of hydrogen-bond donors (Lipinski definition) is 1. The van der Waals surface area contributed by atoms with E-state index in [2.05, 4.69) is 5.32 Å². The zero-order chi connectivity index (χ0) is 11.9. The summed E-state index contributed by atoms with van der Waals surface area (Å²) in [6.45, 7) is 5.28. The van der Waals surface area contributed by atoms with Crippen LogP contribution in [0.25, 0.3) is 0 Å². The molecule has 1 N–H and O–H groups in total. The third-order valence-electron chi connectivity index (χ3n) is 3.90. The highest BCUT2D eigenvalue weighted by molar-refractivity contribution is 4.78. The minimum absolute atomic E-state index is 0.442. The van der Waals surface area contributed by atoms with Gasteiger partial charge >= 0.3 is 0 Å². The summed E-state index contributed by atoms with van der Waals surface area (Å²) in [6, 6.07) is 0.442. The Bertz CT molecular complexity index is 201. The highest BCUT2D eigenvalue weighted by Gasteiger charge is 2.25. The van der Waals surface area contributed by atoms with E-state index in [4.69, 9.17) is 14.2 Å². The van der Waals surface area contributed by atoms with E-state index >= 15 is 0 Å². The van der Waals surface area contributed by atoms with Crippen LogP contribution in [-0.4, -0.2) is 52.7 Å². The van der Waals surface area contributed by atoms with E-state index in [1.165, 1.54) is 0 Å². The van der Waals surface area contributed by atoms with Crippen LogP contribution >= 0.6 is 0 Å². The molecule has 0 aliphatic carbocycles. The summed E-state index contributed by atoms with van der Waals surface area (Å²) in [6.07, 6.45) is 3.46. The second-order valence-corrected chi connectivity index (χ2v) is 5.11. The second kappa shape index (κ2) is 7.31. The summed E-state index contributed by atoms with van der Waals surface area (Å²) in [7, 11) is 2.01. The SMILES string of the molecule is CNC(COCC1CCOCC1)C1CCOC1. The Balaban J connectivity index is 1.61. The van der Waals surface area contributed by atoms with E-state index in [0.717, 1.165) is 58.9 Å². The Kier molecular flexibility index (Phi) is 5.71.